The molecule has 0 atom stereocenters. The maximum Gasteiger partial charge on any atom is 0.169 e. The molecule has 11 heavy (non-hydrogen) atoms. The molecule has 1 aliphatic heterocycles. The van der Waals surface area contributed by atoms with E-state index < -0.39 is 0 Å². The topological polar surface area (TPSA) is 29.5 Å². The lowest BCUT2D eigenvalue weighted by Crippen LogP contribution is -2.59. The number of carbonyl (C=O) groups is 1. The molecule has 1 fully saturated rings. The number of ketones is 1. The van der Waals surface area contributed by atoms with E-state index in [0.717, 1.165) is 0 Å². The van der Waals surface area contributed by atoms with Gasteiger partial charge in [0.1, 0.15) is 12.5 Å². The molecule has 0 unspecified atom stereocenters. The number of ether oxygens (including phenoxy) is 1. The molecule has 0 aromatic heterocycles. The van der Waals surface area contributed by atoms with Gasteiger partial charge in [-0.3, -0.25) is 4.79 Å². The lowest BCUT2D eigenvalue weighted by molar-refractivity contribution is -0.277. The molecule has 3 nitrogen and oxygen atoms in total. The zero-order valence-electron chi connectivity index (χ0n) is 6.96. The van der Waals surface area contributed by atoms with Crippen LogP contribution in [0.25, 0.3) is 0 Å². The first-order valence-electron chi connectivity index (χ1n) is 3.60. The van der Waals surface area contributed by atoms with Crippen LogP contribution in [0, 0.1) is 0 Å². The van der Waals surface area contributed by atoms with Crippen molar-refractivity contribution >= 4 is 5.78 Å². The van der Waals surface area contributed by atoms with Crippen LogP contribution in [0.3, 0.4) is 0 Å². The summed E-state index contributed by atoms with van der Waals surface area (Å²) < 4.78 is 5.22. The molecule has 0 radical (unpaired) electrons. The van der Waals surface area contributed by atoms with E-state index in [1.54, 1.807) is 0 Å². The average molecular weight is 155 g/mol. The van der Waals surface area contributed by atoms with Crippen LogP contribution in [0.5, 0.6) is 0 Å². The van der Waals surface area contributed by atoms with E-state index in [4.69, 9.17) is 4.74 Å². The fourth-order valence-corrected chi connectivity index (χ4v) is 0.903. The summed E-state index contributed by atoms with van der Waals surface area (Å²) >= 11 is 0. The predicted octanol–water partition coefficient (Wildman–Crippen LogP) is 0.767. The van der Waals surface area contributed by atoms with Gasteiger partial charge in [0.2, 0.25) is 0 Å². The fourth-order valence-electron chi connectivity index (χ4n) is 0.903. The van der Waals surface area contributed by atoms with E-state index in [0.29, 0.717) is 13.3 Å². The zero-order valence-corrected chi connectivity index (χ0v) is 6.96. The van der Waals surface area contributed by atoms with Gasteiger partial charge in [-0.1, -0.05) is 6.58 Å². The number of hydrogen-bond acceptors (Lipinski definition) is 3. The van der Waals surface area contributed by atoms with Crippen molar-refractivity contribution in [1.82, 2.24) is 4.90 Å². The summed E-state index contributed by atoms with van der Waals surface area (Å²) in [5.74, 6) is 0.0429. The number of nitrogens with zero attached hydrogens (tertiary/aromatic N) is 1. The quantitative estimate of drug-likeness (QED) is 0.564. The second-order valence-electron chi connectivity index (χ2n) is 3.09. The first-order chi connectivity index (χ1) is 5.06. The first-order valence-corrected chi connectivity index (χ1v) is 3.60. The average Bonchev–Trinajstić information content (AvgIpc) is 1.98. The smallest absolute Gasteiger partial charge is 0.169 e. The Morgan fingerprint density at radius 3 is 2.73 bits per heavy atom. The van der Waals surface area contributed by atoms with E-state index in [1.165, 1.54) is 6.08 Å². The molecule has 0 aromatic rings. The van der Waals surface area contributed by atoms with Gasteiger partial charge in [0.25, 0.3) is 0 Å². The lowest BCUT2D eigenvalue weighted by Gasteiger charge is -2.47. The third-order valence-corrected chi connectivity index (χ3v) is 1.91. The molecule has 0 N–H and O–H groups in total. The minimum atomic E-state index is -0.265. The summed E-state index contributed by atoms with van der Waals surface area (Å²) in [6, 6.07) is 0. The van der Waals surface area contributed by atoms with Crippen LogP contribution >= 0.6 is 0 Å². The number of rotatable bonds is 3. The lowest BCUT2D eigenvalue weighted by atomic mass is 10.2. The van der Waals surface area contributed by atoms with E-state index in [-0.39, 0.29) is 11.5 Å². The SMILES string of the molecule is C=CC(=O)CN1COC1(C)C. The Bertz CT molecular complexity index is 187. The van der Waals surface area contributed by atoms with Crippen LogP contribution in [0.15, 0.2) is 12.7 Å². The van der Waals surface area contributed by atoms with Gasteiger partial charge in [-0.05, 0) is 19.9 Å². The highest BCUT2D eigenvalue weighted by Gasteiger charge is 2.37. The van der Waals surface area contributed by atoms with Gasteiger partial charge in [0, 0.05) is 0 Å². The molecular weight excluding hydrogens is 142 g/mol. The minimum absolute atomic E-state index is 0.0429. The molecular formula is C8H13NO2. The van der Waals surface area contributed by atoms with Gasteiger partial charge in [-0.2, -0.15) is 0 Å². The van der Waals surface area contributed by atoms with Crippen molar-refractivity contribution in [2.75, 3.05) is 13.3 Å². The van der Waals surface area contributed by atoms with Crippen LogP contribution in [0.2, 0.25) is 0 Å². The predicted molar refractivity (Wildman–Crippen MR) is 41.9 cm³/mol. The van der Waals surface area contributed by atoms with Gasteiger partial charge in [-0.15, -0.1) is 0 Å². The number of hydrogen-bond donors (Lipinski definition) is 0. The van der Waals surface area contributed by atoms with Crippen LogP contribution in [-0.2, 0) is 9.53 Å². The maximum absolute atomic E-state index is 10.9. The van der Waals surface area contributed by atoms with Gasteiger partial charge in [0.05, 0.1) is 6.54 Å². The van der Waals surface area contributed by atoms with Crippen molar-refractivity contribution in [2.45, 2.75) is 19.6 Å². The molecule has 62 valence electrons. The highest BCUT2D eigenvalue weighted by molar-refractivity contribution is 5.90. The van der Waals surface area contributed by atoms with Crippen LogP contribution in [-0.4, -0.2) is 29.7 Å². The van der Waals surface area contributed by atoms with Crippen LogP contribution in [0.4, 0.5) is 0 Å². The fraction of sp³-hybridized carbons (Fsp3) is 0.625. The van der Waals surface area contributed by atoms with Crippen molar-refractivity contribution in [3.8, 4) is 0 Å². The van der Waals surface area contributed by atoms with Crippen molar-refractivity contribution < 1.29 is 9.53 Å². The third-order valence-electron chi connectivity index (χ3n) is 1.91. The summed E-state index contributed by atoms with van der Waals surface area (Å²) in [5.41, 5.74) is -0.265. The van der Waals surface area contributed by atoms with Gasteiger partial charge >= 0.3 is 0 Å². The van der Waals surface area contributed by atoms with Crippen LogP contribution in [0.1, 0.15) is 13.8 Å². The molecule has 3 heteroatoms. The zero-order chi connectivity index (χ0) is 8.48. The Morgan fingerprint density at radius 1 is 1.82 bits per heavy atom. The molecule has 0 spiro atoms. The highest BCUT2D eigenvalue weighted by Crippen LogP contribution is 2.24. The summed E-state index contributed by atoms with van der Waals surface area (Å²) in [5, 5.41) is 0. The maximum atomic E-state index is 10.9. The largest absolute Gasteiger partial charge is 0.345 e. The van der Waals surface area contributed by atoms with Crippen molar-refractivity contribution in [3.05, 3.63) is 12.7 Å². The normalized spacial score (nSPS) is 22.4. The molecule has 0 bridgehead atoms. The van der Waals surface area contributed by atoms with E-state index >= 15 is 0 Å². The van der Waals surface area contributed by atoms with Gasteiger partial charge < -0.3 is 4.74 Å². The molecule has 0 amide bonds. The molecule has 0 aromatic carbocycles. The molecule has 0 aliphatic carbocycles. The highest BCUT2D eigenvalue weighted by atomic mass is 16.6. The summed E-state index contributed by atoms with van der Waals surface area (Å²) in [6.45, 7) is 8.24. The molecule has 0 saturated carbocycles. The van der Waals surface area contributed by atoms with E-state index in [9.17, 15) is 4.79 Å². The Hall–Kier alpha value is -0.670. The monoisotopic (exact) mass is 155 g/mol. The Morgan fingerprint density at radius 2 is 2.45 bits per heavy atom. The summed E-state index contributed by atoms with van der Waals surface area (Å²) in [7, 11) is 0. The molecule has 1 saturated heterocycles. The number of carbonyl (C=O) groups excluding carboxylic acids is 1. The molecule has 1 rings (SSSR count). The Kier molecular flexibility index (Phi) is 2.11. The summed E-state index contributed by atoms with van der Waals surface area (Å²) in [4.78, 5) is 12.8. The van der Waals surface area contributed by atoms with Crippen LogP contribution < -0.4 is 0 Å². The second-order valence-corrected chi connectivity index (χ2v) is 3.09. The molecule has 1 aliphatic rings. The second kappa shape index (κ2) is 2.75. The molecule has 1 heterocycles. The Labute approximate surface area is 66.6 Å². The van der Waals surface area contributed by atoms with Gasteiger partial charge in [-0.25, -0.2) is 4.90 Å². The summed E-state index contributed by atoms with van der Waals surface area (Å²) in [6.07, 6.45) is 1.34. The van der Waals surface area contributed by atoms with Crippen molar-refractivity contribution in [1.29, 1.82) is 0 Å². The van der Waals surface area contributed by atoms with Gasteiger partial charge in [0.15, 0.2) is 5.78 Å². The van der Waals surface area contributed by atoms with Crippen molar-refractivity contribution in [2.24, 2.45) is 0 Å². The van der Waals surface area contributed by atoms with E-state index in [1.807, 2.05) is 18.7 Å². The van der Waals surface area contributed by atoms with Crippen molar-refractivity contribution in [3.63, 3.8) is 0 Å². The standard InChI is InChI=1S/C8H13NO2/c1-4-7(10)5-9-6-11-8(9,2)3/h4H,1,5-6H2,2-3H3. The first kappa shape index (κ1) is 8.43. The van der Waals surface area contributed by atoms with E-state index in [2.05, 4.69) is 6.58 Å². The minimum Gasteiger partial charge on any atom is -0.345 e. The Balaban J connectivity index is 2.39. The third kappa shape index (κ3) is 1.67.